The van der Waals surface area contributed by atoms with Crippen LogP contribution in [0.4, 0.5) is 0 Å². The van der Waals surface area contributed by atoms with Crippen molar-refractivity contribution in [2.24, 2.45) is 5.92 Å². The maximum atomic E-state index is 11.0. The summed E-state index contributed by atoms with van der Waals surface area (Å²) >= 11 is 0. The summed E-state index contributed by atoms with van der Waals surface area (Å²) in [5.41, 5.74) is 0. The van der Waals surface area contributed by atoms with E-state index in [1.54, 1.807) is 6.92 Å². The predicted molar refractivity (Wildman–Crippen MR) is 92.8 cm³/mol. The quantitative estimate of drug-likeness (QED) is 0.201. The molecule has 132 valence electrons. The third-order valence-corrected chi connectivity index (χ3v) is 4.48. The summed E-state index contributed by atoms with van der Waals surface area (Å²) < 4.78 is 0. The van der Waals surface area contributed by atoms with Crippen molar-refractivity contribution >= 4 is 5.97 Å². The van der Waals surface area contributed by atoms with Gasteiger partial charge in [-0.2, -0.15) is 5.26 Å². The van der Waals surface area contributed by atoms with Crippen LogP contribution in [-0.2, 0) is 9.68 Å². The summed E-state index contributed by atoms with van der Waals surface area (Å²) in [6.07, 6.45) is 19.6. The van der Waals surface area contributed by atoms with Crippen LogP contribution in [0, 0.1) is 5.92 Å². The van der Waals surface area contributed by atoms with Crippen LogP contribution in [0.15, 0.2) is 0 Å². The molecule has 22 heavy (non-hydrogen) atoms. The van der Waals surface area contributed by atoms with E-state index < -0.39 is 5.97 Å². The molecule has 0 aliphatic carbocycles. The molecule has 0 saturated heterocycles. The minimum Gasteiger partial charge on any atom is -0.301 e. The lowest BCUT2D eigenvalue weighted by molar-refractivity contribution is -0.238. The Balaban J connectivity index is 3.10. The van der Waals surface area contributed by atoms with Gasteiger partial charge in [-0.3, -0.25) is 0 Å². The highest BCUT2D eigenvalue weighted by Crippen LogP contribution is 2.15. The second-order valence-electron chi connectivity index (χ2n) is 6.70. The first-order chi connectivity index (χ1) is 10.7. The Morgan fingerprint density at radius 3 is 1.50 bits per heavy atom. The molecule has 1 atom stereocenters. The van der Waals surface area contributed by atoms with Gasteiger partial charge in [0.1, 0.15) is 0 Å². The van der Waals surface area contributed by atoms with Crippen molar-refractivity contribution in [3.63, 3.8) is 0 Å². The number of hydrogen-bond donors (Lipinski definition) is 1. The molecule has 0 aromatic carbocycles. The second-order valence-corrected chi connectivity index (χ2v) is 6.70. The van der Waals surface area contributed by atoms with E-state index in [9.17, 15) is 4.79 Å². The Morgan fingerprint density at radius 1 is 0.773 bits per heavy atom. The number of unbranched alkanes of at least 4 members (excludes halogenated alkanes) is 13. The van der Waals surface area contributed by atoms with Gasteiger partial charge in [0.15, 0.2) is 0 Å². The number of hydrogen-bond acceptors (Lipinski definition) is 3. The SMILES string of the molecule is CCCCCCCCCCCCCCCCC(C)C(=O)OO. The van der Waals surface area contributed by atoms with E-state index in [2.05, 4.69) is 11.8 Å². The molecule has 0 aliphatic heterocycles. The Bertz CT molecular complexity index is 241. The molecule has 3 nitrogen and oxygen atoms in total. The van der Waals surface area contributed by atoms with E-state index in [-0.39, 0.29) is 5.92 Å². The van der Waals surface area contributed by atoms with Crippen molar-refractivity contribution in [1.82, 2.24) is 0 Å². The van der Waals surface area contributed by atoms with Crippen LogP contribution in [0.3, 0.4) is 0 Å². The molecular formula is C19H38O3. The Labute approximate surface area is 137 Å². The predicted octanol–water partition coefficient (Wildman–Crippen LogP) is 6.51. The van der Waals surface area contributed by atoms with E-state index in [4.69, 9.17) is 5.26 Å². The molecule has 1 N–H and O–H groups in total. The lowest BCUT2D eigenvalue weighted by atomic mass is 10.0. The van der Waals surface area contributed by atoms with Crippen molar-refractivity contribution in [3.05, 3.63) is 0 Å². The highest BCUT2D eigenvalue weighted by Gasteiger charge is 2.13. The van der Waals surface area contributed by atoms with E-state index in [1.165, 1.54) is 83.5 Å². The van der Waals surface area contributed by atoms with Crippen LogP contribution in [0.1, 0.15) is 110 Å². The topological polar surface area (TPSA) is 46.5 Å². The summed E-state index contributed by atoms with van der Waals surface area (Å²) in [6, 6.07) is 0. The lowest BCUT2D eigenvalue weighted by Gasteiger charge is -2.07. The average molecular weight is 315 g/mol. The molecule has 0 spiro atoms. The highest BCUT2D eigenvalue weighted by atomic mass is 17.1. The summed E-state index contributed by atoms with van der Waals surface area (Å²) in [7, 11) is 0. The van der Waals surface area contributed by atoms with Gasteiger partial charge in [-0.05, 0) is 6.42 Å². The van der Waals surface area contributed by atoms with E-state index in [0.29, 0.717) is 0 Å². The van der Waals surface area contributed by atoms with E-state index >= 15 is 0 Å². The van der Waals surface area contributed by atoms with Gasteiger partial charge in [-0.1, -0.05) is 104 Å². The standard InChI is InChI=1S/C19H38O3/c1-3-4-5-6-7-8-9-10-11-12-13-14-15-16-17-18(2)19(20)22-21/h18,21H,3-17H2,1-2H3. The van der Waals surface area contributed by atoms with Gasteiger partial charge in [0.25, 0.3) is 0 Å². The largest absolute Gasteiger partial charge is 0.344 e. The first-order valence-corrected chi connectivity index (χ1v) is 9.57. The zero-order valence-electron chi connectivity index (χ0n) is 14.9. The maximum Gasteiger partial charge on any atom is 0.344 e. The minimum atomic E-state index is -0.505. The third-order valence-electron chi connectivity index (χ3n) is 4.48. The smallest absolute Gasteiger partial charge is 0.301 e. The zero-order valence-corrected chi connectivity index (χ0v) is 14.9. The molecule has 0 rings (SSSR count). The van der Waals surface area contributed by atoms with E-state index in [0.717, 1.165) is 12.8 Å². The third kappa shape index (κ3) is 14.4. The highest BCUT2D eigenvalue weighted by molar-refractivity contribution is 5.71. The number of rotatable bonds is 16. The maximum absolute atomic E-state index is 11.0. The fraction of sp³-hybridized carbons (Fsp3) is 0.947. The molecule has 0 aromatic heterocycles. The van der Waals surface area contributed by atoms with E-state index in [1.807, 2.05) is 0 Å². The monoisotopic (exact) mass is 314 g/mol. The molecule has 0 aliphatic rings. The summed E-state index contributed by atoms with van der Waals surface area (Å²) in [5.74, 6) is -0.683. The minimum absolute atomic E-state index is 0.178. The van der Waals surface area contributed by atoms with Gasteiger partial charge in [0, 0.05) is 0 Å². The molecule has 0 heterocycles. The molecule has 0 fully saturated rings. The molecule has 3 heteroatoms. The van der Waals surface area contributed by atoms with Crippen LogP contribution in [-0.4, -0.2) is 11.2 Å². The van der Waals surface area contributed by atoms with Crippen molar-refractivity contribution in [2.45, 2.75) is 110 Å². The summed E-state index contributed by atoms with van der Waals surface area (Å²) in [6.45, 7) is 4.07. The average Bonchev–Trinajstić information content (AvgIpc) is 2.54. The molecule has 0 bridgehead atoms. The molecule has 0 amide bonds. The normalized spacial score (nSPS) is 12.3. The van der Waals surface area contributed by atoms with Gasteiger partial charge in [-0.25, -0.2) is 4.79 Å². The molecule has 0 saturated carbocycles. The van der Waals surface area contributed by atoms with Crippen molar-refractivity contribution in [3.8, 4) is 0 Å². The summed E-state index contributed by atoms with van der Waals surface area (Å²) in [4.78, 5) is 14.7. The van der Waals surface area contributed by atoms with Crippen LogP contribution >= 0.6 is 0 Å². The van der Waals surface area contributed by atoms with Crippen LogP contribution < -0.4 is 0 Å². The molecule has 0 aromatic rings. The van der Waals surface area contributed by atoms with Gasteiger partial charge in [-0.15, -0.1) is 0 Å². The fourth-order valence-corrected chi connectivity index (χ4v) is 2.85. The van der Waals surface area contributed by atoms with Gasteiger partial charge >= 0.3 is 5.97 Å². The first kappa shape index (κ1) is 21.4. The van der Waals surface area contributed by atoms with Crippen LogP contribution in [0.5, 0.6) is 0 Å². The van der Waals surface area contributed by atoms with Crippen molar-refractivity contribution in [1.29, 1.82) is 0 Å². The Hall–Kier alpha value is -0.570. The molecule has 0 radical (unpaired) electrons. The first-order valence-electron chi connectivity index (χ1n) is 9.57. The van der Waals surface area contributed by atoms with Crippen molar-refractivity contribution < 1.29 is 14.9 Å². The number of carbonyl (C=O) groups excluding carboxylic acids is 1. The zero-order chi connectivity index (χ0) is 16.5. The van der Waals surface area contributed by atoms with Gasteiger partial charge < -0.3 is 4.89 Å². The second kappa shape index (κ2) is 16.8. The van der Waals surface area contributed by atoms with Gasteiger partial charge in [0.2, 0.25) is 0 Å². The molecular weight excluding hydrogens is 276 g/mol. The van der Waals surface area contributed by atoms with Crippen LogP contribution in [0.25, 0.3) is 0 Å². The van der Waals surface area contributed by atoms with Gasteiger partial charge in [0.05, 0.1) is 5.92 Å². The number of carbonyl (C=O) groups is 1. The Morgan fingerprint density at radius 2 is 1.14 bits per heavy atom. The fourth-order valence-electron chi connectivity index (χ4n) is 2.85. The van der Waals surface area contributed by atoms with Crippen molar-refractivity contribution in [2.75, 3.05) is 0 Å². The lowest BCUT2D eigenvalue weighted by Crippen LogP contribution is -2.12. The summed E-state index contributed by atoms with van der Waals surface area (Å²) in [5, 5.41) is 8.27. The molecule has 1 unspecified atom stereocenters. The van der Waals surface area contributed by atoms with Crippen LogP contribution in [0.2, 0.25) is 0 Å². The Kier molecular flexibility index (Phi) is 16.4.